The monoisotopic (exact) mass is 352 g/mol. The molecule has 2 aromatic carbocycles. The molecule has 2 aromatic rings. The van der Waals surface area contributed by atoms with Gasteiger partial charge in [0.2, 0.25) is 0 Å². The number of aromatic hydroxyl groups is 1. The van der Waals surface area contributed by atoms with E-state index in [1.54, 1.807) is 24.3 Å². The number of phenolic OH excluding ortho intramolecular Hbond substituents is 1. The van der Waals surface area contributed by atoms with E-state index in [4.69, 9.17) is 11.6 Å². The molecule has 0 fully saturated rings. The molecule has 0 aliphatic carbocycles. The van der Waals surface area contributed by atoms with Gasteiger partial charge in [-0.25, -0.2) is 5.43 Å². The van der Waals surface area contributed by atoms with Crippen LogP contribution in [-0.4, -0.2) is 17.2 Å². The number of nitrogens with one attached hydrogen (secondary N) is 1. The highest BCUT2D eigenvalue weighted by atomic mass is 79.9. The summed E-state index contributed by atoms with van der Waals surface area (Å²) in [7, 11) is 0. The lowest BCUT2D eigenvalue weighted by Crippen LogP contribution is -2.17. The molecule has 0 radical (unpaired) electrons. The molecular weight excluding hydrogens is 344 g/mol. The van der Waals surface area contributed by atoms with E-state index in [2.05, 4.69) is 26.5 Å². The first-order chi connectivity index (χ1) is 9.58. The van der Waals surface area contributed by atoms with Crippen molar-refractivity contribution in [2.75, 3.05) is 0 Å². The molecule has 4 nitrogen and oxygen atoms in total. The largest absolute Gasteiger partial charge is 0.507 e. The molecule has 0 bridgehead atoms. The number of carbonyl (C=O) groups excluding carboxylic acids is 1. The van der Waals surface area contributed by atoms with Crippen LogP contribution in [0.1, 0.15) is 15.9 Å². The number of rotatable bonds is 3. The molecule has 0 atom stereocenters. The average Bonchev–Trinajstić information content (AvgIpc) is 2.43. The number of amides is 1. The third-order valence-electron chi connectivity index (χ3n) is 2.48. The zero-order valence-electron chi connectivity index (χ0n) is 10.2. The Morgan fingerprint density at radius 1 is 1.30 bits per heavy atom. The standard InChI is InChI=1S/C14H10BrClN2O2/c15-10-5-6-13(19)11(7-10)14(20)18-17-8-9-3-1-2-4-12(9)16/h1-8,19H,(H,18,20)/b17-8-. The predicted octanol–water partition coefficient (Wildman–Crippen LogP) is 3.57. The first-order valence-corrected chi connectivity index (χ1v) is 6.81. The fourth-order valence-corrected chi connectivity index (χ4v) is 2.04. The zero-order valence-corrected chi connectivity index (χ0v) is 12.5. The fraction of sp³-hybridized carbons (Fsp3) is 0. The van der Waals surface area contributed by atoms with E-state index in [1.807, 2.05) is 6.07 Å². The number of halogens is 2. The summed E-state index contributed by atoms with van der Waals surface area (Å²) < 4.78 is 0.690. The normalized spacial score (nSPS) is 10.7. The van der Waals surface area contributed by atoms with Crippen LogP contribution in [0.25, 0.3) is 0 Å². The number of hydrazone groups is 1. The first kappa shape index (κ1) is 14.6. The third kappa shape index (κ3) is 3.59. The Morgan fingerprint density at radius 3 is 2.80 bits per heavy atom. The van der Waals surface area contributed by atoms with Crippen LogP contribution in [0.15, 0.2) is 52.0 Å². The lowest BCUT2D eigenvalue weighted by Gasteiger charge is -2.03. The van der Waals surface area contributed by atoms with Crippen LogP contribution in [0.2, 0.25) is 5.02 Å². The molecule has 6 heteroatoms. The summed E-state index contributed by atoms with van der Waals surface area (Å²) in [5, 5.41) is 14.0. The third-order valence-corrected chi connectivity index (χ3v) is 3.32. The minimum Gasteiger partial charge on any atom is -0.507 e. The maximum absolute atomic E-state index is 11.9. The molecule has 0 aromatic heterocycles. The number of phenols is 1. The van der Waals surface area contributed by atoms with Crippen molar-refractivity contribution >= 4 is 39.7 Å². The molecule has 0 saturated heterocycles. The van der Waals surface area contributed by atoms with E-state index >= 15 is 0 Å². The Morgan fingerprint density at radius 2 is 2.05 bits per heavy atom. The highest BCUT2D eigenvalue weighted by Crippen LogP contribution is 2.21. The first-order valence-electron chi connectivity index (χ1n) is 5.64. The number of nitrogens with zero attached hydrogens (tertiary/aromatic N) is 1. The second kappa shape index (κ2) is 6.54. The van der Waals surface area contributed by atoms with Gasteiger partial charge in [0.05, 0.1) is 11.8 Å². The van der Waals surface area contributed by atoms with Crippen molar-refractivity contribution in [1.29, 1.82) is 0 Å². The van der Waals surface area contributed by atoms with Crippen LogP contribution in [0.3, 0.4) is 0 Å². The van der Waals surface area contributed by atoms with Gasteiger partial charge in [-0.15, -0.1) is 0 Å². The van der Waals surface area contributed by atoms with Crippen molar-refractivity contribution in [2.24, 2.45) is 5.10 Å². The van der Waals surface area contributed by atoms with E-state index < -0.39 is 5.91 Å². The predicted molar refractivity (Wildman–Crippen MR) is 82.3 cm³/mol. The summed E-state index contributed by atoms with van der Waals surface area (Å²) in [6, 6.07) is 11.7. The maximum atomic E-state index is 11.9. The van der Waals surface area contributed by atoms with Gasteiger partial charge in [0.1, 0.15) is 5.75 Å². The van der Waals surface area contributed by atoms with Crippen LogP contribution in [0.5, 0.6) is 5.75 Å². The highest BCUT2D eigenvalue weighted by molar-refractivity contribution is 9.10. The Hall–Kier alpha value is -1.85. The quantitative estimate of drug-likeness (QED) is 0.654. The second-order valence-corrected chi connectivity index (χ2v) is 5.20. The molecular formula is C14H10BrClN2O2. The molecule has 0 saturated carbocycles. The summed E-state index contributed by atoms with van der Waals surface area (Å²) >= 11 is 9.18. The van der Waals surface area contributed by atoms with E-state index in [1.165, 1.54) is 18.3 Å². The number of hydrogen-bond donors (Lipinski definition) is 2. The molecule has 1 amide bonds. The molecule has 0 spiro atoms. The summed E-state index contributed by atoms with van der Waals surface area (Å²) in [6.45, 7) is 0. The van der Waals surface area contributed by atoms with Gasteiger partial charge < -0.3 is 5.11 Å². The van der Waals surface area contributed by atoms with Gasteiger partial charge in [-0.05, 0) is 24.3 Å². The van der Waals surface area contributed by atoms with E-state index in [0.717, 1.165) is 0 Å². The smallest absolute Gasteiger partial charge is 0.275 e. The molecule has 0 heterocycles. The topological polar surface area (TPSA) is 61.7 Å². The summed E-state index contributed by atoms with van der Waals surface area (Å²) in [5.74, 6) is -0.620. The number of carbonyl (C=O) groups is 1. The Kier molecular flexibility index (Phi) is 4.76. The number of benzene rings is 2. The molecule has 2 N–H and O–H groups in total. The maximum Gasteiger partial charge on any atom is 0.275 e. The Bertz CT molecular complexity index is 674. The highest BCUT2D eigenvalue weighted by Gasteiger charge is 2.10. The zero-order chi connectivity index (χ0) is 14.5. The van der Waals surface area contributed by atoms with Crippen molar-refractivity contribution in [2.45, 2.75) is 0 Å². The van der Waals surface area contributed by atoms with Gasteiger partial charge in [-0.3, -0.25) is 4.79 Å². The van der Waals surface area contributed by atoms with Crippen LogP contribution in [-0.2, 0) is 0 Å². The second-order valence-electron chi connectivity index (χ2n) is 3.88. The van der Waals surface area contributed by atoms with Gasteiger partial charge in [0, 0.05) is 15.1 Å². The SMILES string of the molecule is O=C(N/N=C\c1ccccc1Cl)c1cc(Br)ccc1O. The molecule has 2 rings (SSSR count). The van der Waals surface area contributed by atoms with Crippen molar-refractivity contribution in [3.05, 3.63) is 63.1 Å². The van der Waals surface area contributed by atoms with Gasteiger partial charge in [-0.2, -0.15) is 5.10 Å². The number of hydrogen-bond acceptors (Lipinski definition) is 3. The minimum atomic E-state index is -0.507. The molecule has 0 unspecified atom stereocenters. The lowest BCUT2D eigenvalue weighted by atomic mass is 10.2. The van der Waals surface area contributed by atoms with Crippen LogP contribution in [0.4, 0.5) is 0 Å². The summed E-state index contributed by atoms with van der Waals surface area (Å²) in [5.41, 5.74) is 3.16. The van der Waals surface area contributed by atoms with Gasteiger partial charge in [0.15, 0.2) is 0 Å². The van der Waals surface area contributed by atoms with E-state index in [0.29, 0.717) is 15.1 Å². The van der Waals surface area contributed by atoms with Crippen molar-refractivity contribution < 1.29 is 9.90 Å². The van der Waals surface area contributed by atoms with Crippen LogP contribution >= 0.6 is 27.5 Å². The molecule has 0 aliphatic rings. The average molecular weight is 354 g/mol. The van der Waals surface area contributed by atoms with Crippen molar-refractivity contribution in [1.82, 2.24) is 5.43 Å². The molecule has 20 heavy (non-hydrogen) atoms. The van der Waals surface area contributed by atoms with Gasteiger partial charge in [-0.1, -0.05) is 45.7 Å². The fourth-order valence-electron chi connectivity index (χ4n) is 1.49. The lowest BCUT2D eigenvalue weighted by molar-refractivity contribution is 0.0952. The summed E-state index contributed by atoms with van der Waals surface area (Å²) in [4.78, 5) is 11.9. The van der Waals surface area contributed by atoms with Gasteiger partial charge >= 0.3 is 0 Å². The van der Waals surface area contributed by atoms with Crippen molar-refractivity contribution in [3.8, 4) is 5.75 Å². The van der Waals surface area contributed by atoms with Crippen molar-refractivity contribution in [3.63, 3.8) is 0 Å². The van der Waals surface area contributed by atoms with E-state index in [-0.39, 0.29) is 11.3 Å². The van der Waals surface area contributed by atoms with Gasteiger partial charge in [0.25, 0.3) is 5.91 Å². The van der Waals surface area contributed by atoms with Crippen LogP contribution in [0, 0.1) is 0 Å². The molecule has 0 aliphatic heterocycles. The molecule has 102 valence electrons. The van der Waals surface area contributed by atoms with Crippen LogP contribution < -0.4 is 5.43 Å². The summed E-state index contributed by atoms with van der Waals surface area (Å²) in [6.07, 6.45) is 1.44. The Labute approximate surface area is 129 Å². The minimum absolute atomic E-state index is 0.112. The Balaban J connectivity index is 2.09. The van der Waals surface area contributed by atoms with E-state index in [9.17, 15) is 9.90 Å².